The van der Waals surface area contributed by atoms with Gasteiger partial charge in [0.15, 0.2) is 6.10 Å². The van der Waals surface area contributed by atoms with Gasteiger partial charge in [0, 0.05) is 32.7 Å². The van der Waals surface area contributed by atoms with Gasteiger partial charge in [-0.2, -0.15) is 0 Å². The van der Waals surface area contributed by atoms with Crippen LogP contribution in [0.15, 0.2) is 43.2 Å². The van der Waals surface area contributed by atoms with Crippen molar-refractivity contribution in [2.24, 2.45) is 0 Å². The van der Waals surface area contributed by atoms with Crippen molar-refractivity contribution >= 4 is 5.91 Å². The maximum Gasteiger partial charge on any atom is 0.263 e. The van der Waals surface area contributed by atoms with Crippen LogP contribution >= 0.6 is 0 Å². The molecular weight excluding hydrogens is 332 g/mol. The first kappa shape index (κ1) is 18.1. The average Bonchev–Trinajstić information content (AvgIpc) is 3.09. The normalized spacial score (nSPS) is 16.7. The van der Waals surface area contributed by atoms with E-state index in [1.807, 2.05) is 35.2 Å². The summed E-state index contributed by atoms with van der Waals surface area (Å²) in [5.74, 6) is 0.667. The lowest BCUT2D eigenvalue weighted by atomic mass is 10.2. The Kier molecular flexibility index (Phi) is 5.96. The molecule has 2 aromatic rings. The SMILES string of the molecule is C=CCN1CCCN(C(=O)C(C)Oc2ccc(-n3cnnn3)cc2)CC1. The van der Waals surface area contributed by atoms with E-state index in [-0.39, 0.29) is 5.91 Å². The Morgan fingerprint density at radius 3 is 2.77 bits per heavy atom. The second-order valence-electron chi connectivity index (χ2n) is 6.28. The summed E-state index contributed by atoms with van der Waals surface area (Å²) >= 11 is 0. The highest BCUT2D eigenvalue weighted by Crippen LogP contribution is 2.17. The Hall–Kier alpha value is -2.74. The van der Waals surface area contributed by atoms with Gasteiger partial charge in [0.2, 0.25) is 0 Å². The maximum atomic E-state index is 12.7. The van der Waals surface area contributed by atoms with Gasteiger partial charge in [-0.15, -0.1) is 11.7 Å². The molecule has 8 heteroatoms. The van der Waals surface area contributed by atoms with Gasteiger partial charge in [-0.05, 0) is 48.0 Å². The number of aromatic nitrogens is 4. The molecule has 8 nitrogen and oxygen atoms in total. The Morgan fingerprint density at radius 1 is 1.27 bits per heavy atom. The molecule has 1 aromatic carbocycles. The number of rotatable bonds is 6. The van der Waals surface area contributed by atoms with E-state index in [9.17, 15) is 4.79 Å². The van der Waals surface area contributed by atoms with Crippen molar-refractivity contribution in [1.29, 1.82) is 0 Å². The molecule has 138 valence electrons. The topological polar surface area (TPSA) is 76.4 Å². The summed E-state index contributed by atoms with van der Waals surface area (Å²) in [5, 5.41) is 11.1. The molecule has 1 atom stereocenters. The summed E-state index contributed by atoms with van der Waals surface area (Å²) in [7, 11) is 0. The van der Waals surface area contributed by atoms with E-state index in [1.54, 1.807) is 11.6 Å². The summed E-state index contributed by atoms with van der Waals surface area (Å²) in [6, 6.07) is 7.33. The minimum Gasteiger partial charge on any atom is -0.481 e. The predicted octanol–water partition coefficient (Wildman–Crippen LogP) is 1.15. The number of hydrogen-bond donors (Lipinski definition) is 0. The Balaban J connectivity index is 1.56. The third kappa shape index (κ3) is 4.45. The van der Waals surface area contributed by atoms with E-state index in [0.29, 0.717) is 5.75 Å². The number of tetrazole rings is 1. The molecule has 0 bridgehead atoms. The molecule has 1 fully saturated rings. The average molecular weight is 356 g/mol. The molecule has 1 aliphatic heterocycles. The number of ether oxygens (including phenoxy) is 1. The zero-order valence-corrected chi connectivity index (χ0v) is 15.0. The molecule has 1 aliphatic rings. The molecule has 0 spiro atoms. The second-order valence-corrected chi connectivity index (χ2v) is 6.28. The van der Waals surface area contributed by atoms with Crippen LogP contribution in [0.1, 0.15) is 13.3 Å². The van der Waals surface area contributed by atoms with Crippen molar-refractivity contribution in [2.75, 3.05) is 32.7 Å². The smallest absolute Gasteiger partial charge is 0.263 e. The summed E-state index contributed by atoms with van der Waals surface area (Å²) in [6.07, 6.45) is 3.87. The molecule has 0 radical (unpaired) electrons. The molecule has 1 unspecified atom stereocenters. The fourth-order valence-corrected chi connectivity index (χ4v) is 3.03. The summed E-state index contributed by atoms with van der Waals surface area (Å²) < 4.78 is 7.40. The van der Waals surface area contributed by atoms with Crippen LogP contribution in [-0.4, -0.2) is 74.7 Å². The first-order valence-corrected chi connectivity index (χ1v) is 8.79. The minimum atomic E-state index is -0.528. The third-order valence-electron chi connectivity index (χ3n) is 4.40. The highest BCUT2D eigenvalue weighted by molar-refractivity contribution is 5.81. The molecule has 0 N–H and O–H groups in total. The quantitative estimate of drug-likeness (QED) is 0.723. The molecule has 0 saturated carbocycles. The first-order chi connectivity index (χ1) is 12.7. The predicted molar refractivity (Wildman–Crippen MR) is 97.1 cm³/mol. The standard InChI is InChI=1S/C18H24N6O2/c1-3-9-22-10-4-11-23(13-12-22)18(25)15(2)26-17-7-5-16(6-8-17)24-14-19-20-21-24/h3,5-8,14-15H,1,4,9-13H2,2H3. The Morgan fingerprint density at radius 2 is 2.08 bits per heavy atom. The number of amides is 1. The van der Waals surface area contributed by atoms with Gasteiger partial charge in [-0.3, -0.25) is 9.69 Å². The monoisotopic (exact) mass is 356 g/mol. The van der Waals surface area contributed by atoms with Crippen LogP contribution in [0.3, 0.4) is 0 Å². The second kappa shape index (κ2) is 8.57. The van der Waals surface area contributed by atoms with Crippen molar-refractivity contribution in [3.05, 3.63) is 43.2 Å². The highest BCUT2D eigenvalue weighted by atomic mass is 16.5. The van der Waals surface area contributed by atoms with Crippen LogP contribution in [0.4, 0.5) is 0 Å². The van der Waals surface area contributed by atoms with E-state index in [1.165, 1.54) is 6.33 Å². The lowest BCUT2D eigenvalue weighted by Crippen LogP contribution is -2.42. The molecule has 26 heavy (non-hydrogen) atoms. The van der Waals surface area contributed by atoms with Crippen LogP contribution < -0.4 is 4.74 Å². The van der Waals surface area contributed by atoms with Crippen LogP contribution in [0.5, 0.6) is 5.75 Å². The van der Waals surface area contributed by atoms with E-state index < -0.39 is 6.10 Å². The van der Waals surface area contributed by atoms with Crippen LogP contribution in [0, 0.1) is 0 Å². The van der Waals surface area contributed by atoms with Gasteiger partial charge in [-0.1, -0.05) is 6.08 Å². The zero-order chi connectivity index (χ0) is 18.4. The van der Waals surface area contributed by atoms with E-state index >= 15 is 0 Å². The van der Waals surface area contributed by atoms with E-state index in [4.69, 9.17) is 4.74 Å². The zero-order valence-electron chi connectivity index (χ0n) is 15.0. The van der Waals surface area contributed by atoms with Gasteiger partial charge >= 0.3 is 0 Å². The molecular formula is C18H24N6O2. The Labute approximate surface area is 153 Å². The van der Waals surface area contributed by atoms with E-state index in [0.717, 1.165) is 44.8 Å². The van der Waals surface area contributed by atoms with Gasteiger partial charge < -0.3 is 9.64 Å². The lowest BCUT2D eigenvalue weighted by molar-refractivity contribution is -0.137. The molecule has 3 rings (SSSR count). The molecule has 1 amide bonds. The fraction of sp³-hybridized carbons (Fsp3) is 0.444. The number of nitrogens with zero attached hydrogens (tertiary/aromatic N) is 6. The van der Waals surface area contributed by atoms with Crippen LogP contribution in [0.2, 0.25) is 0 Å². The first-order valence-electron chi connectivity index (χ1n) is 8.79. The van der Waals surface area contributed by atoms with Crippen LogP contribution in [0.25, 0.3) is 5.69 Å². The molecule has 0 aliphatic carbocycles. The van der Waals surface area contributed by atoms with Crippen molar-refractivity contribution in [3.63, 3.8) is 0 Å². The summed E-state index contributed by atoms with van der Waals surface area (Å²) in [6.45, 7) is 9.78. The summed E-state index contributed by atoms with van der Waals surface area (Å²) in [4.78, 5) is 16.9. The minimum absolute atomic E-state index is 0.0232. The largest absolute Gasteiger partial charge is 0.481 e. The number of carbonyl (C=O) groups excluding carboxylic acids is 1. The van der Waals surface area contributed by atoms with Crippen molar-refractivity contribution < 1.29 is 9.53 Å². The number of carbonyl (C=O) groups is 1. The fourth-order valence-electron chi connectivity index (χ4n) is 3.03. The van der Waals surface area contributed by atoms with Crippen molar-refractivity contribution in [2.45, 2.75) is 19.4 Å². The van der Waals surface area contributed by atoms with Gasteiger partial charge in [0.1, 0.15) is 12.1 Å². The maximum absolute atomic E-state index is 12.7. The van der Waals surface area contributed by atoms with Crippen molar-refractivity contribution in [3.8, 4) is 11.4 Å². The highest BCUT2D eigenvalue weighted by Gasteiger charge is 2.24. The van der Waals surface area contributed by atoms with E-state index in [2.05, 4.69) is 27.0 Å². The van der Waals surface area contributed by atoms with Gasteiger partial charge in [0.05, 0.1) is 5.69 Å². The van der Waals surface area contributed by atoms with Crippen LogP contribution in [-0.2, 0) is 4.79 Å². The summed E-state index contributed by atoms with van der Waals surface area (Å²) in [5.41, 5.74) is 0.830. The van der Waals surface area contributed by atoms with Gasteiger partial charge in [0.25, 0.3) is 5.91 Å². The molecule has 1 saturated heterocycles. The Bertz CT molecular complexity index is 716. The van der Waals surface area contributed by atoms with Gasteiger partial charge in [-0.25, -0.2) is 4.68 Å². The molecule has 2 heterocycles. The number of benzene rings is 1. The third-order valence-corrected chi connectivity index (χ3v) is 4.40. The lowest BCUT2D eigenvalue weighted by Gasteiger charge is -2.25. The van der Waals surface area contributed by atoms with Crippen molar-refractivity contribution in [1.82, 2.24) is 30.0 Å². The number of hydrogen-bond acceptors (Lipinski definition) is 6. The molecule has 1 aromatic heterocycles.